The number of thiophene rings is 1. The van der Waals surface area contributed by atoms with Crippen molar-refractivity contribution in [2.75, 3.05) is 6.54 Å². The number of benzene rings is 1. The summed E-state index contributed by atoms with van der Waals surface area (Å²) in [5, 5.41) is 7.86. The summed E-state index contributed by atoms with van der Waals surface area (Å²) < 4.78 is 0. The summed E-state index contributed by atoms with van der Waals surface area (Å²) in [6, 6.07) is 13.8. The molecule has 2 aromatic rings. The van der Waals surface area contributed by atoms with Gasteiger partial charge in [-0.25, -0.2) is 0 Å². The van der Waals surface area contributed by atoms with E-state index in [0.29, 0.717) is 30.2 Å². The standard InChI is InChI=1S/C20H26N2O2S/c1-15(2)14-17(16-8-4-3-5-9-16)22-19(23)11-6-12-21-20(24)18-10-7-13-25-18/h3-5,7-10,13,15,17H,6,11-12,14H2,1-2H3,(H,21,24)(H,22,23). The monoisotopic (exact) mass is 358 g/mol. The molecule has 0 aliphatic carbocycles. The van der Waals surface area contributed by atoms with Crippen LogP contribution in [0.25, 0.3) is 0 Å². The van der Waals surface area contributed by atoms with E-state index in [1.165, 1.54) is 11.3 Å². The normalized spacial score (nSPS) is 12.0. The van der Waals surface area contributed by atoms with E-state index in [1.54, 1.807) is 6.07 Å². The zero-order valence-corrected chi connectivity index (χ0v) is 15.6. The maximum Gasteiger partial charge on any atom is 0.261 e. The van der Waals surface area contributed by atoms with Crippen molar-refractivity contribution in [3.8, 4) is 0 Å². The van der Waals surface area contributed by atoms with E-state index in [9.17, 15) is 9.59 Å². The Balaban J connectivity index is 1.76. The van der Waals surface area contributed by atoms with Crippen molar-refractivity contribution in [3.63, 3.8) is 0 Å². The summed E-state index contributed by atoms with van der Waals surface area (Å²) in [4.78, 5) is 24.8. The number of amides is 2. The molecular weight excluding hydrogens is 332 g/mol. The molecule has 5 heteroatoms. The van der Waals surface area contributed by atoms with Crippen LogP contribution in [0.2, 0.25) is 0 Å². The minimum Gasteiger partial charge on any atom is -0.351 e. The van der Waals surface area contributed by atoms with Crippen molar-refractivity contribution in [1.29, 1.82) is 0 Å². The van der Waals surface area contributed by atoms with E-state index < -0.39 is 0 Å². The summed E-state index contributed by atoms with van der Waals surface area (Å²) in [6.07, 6.45) is 1.95. The molecule has 0 spiro atoms. The highest BCUT2D eigenvalue weighted by atomic mass is 32.1. The number of nitrogens with one attached hydrogen (secondary N) is 2. The van der Waals surface area contributed by atoms with Gasteiger partial charge in [-0.15, -0.1) is 11.3 Å². The van der Waals surface area contributed by atoms with Gasteiger partial charge in [-0.1, -0.05) is 50.2 Å². The molecule has 1 atom stereocenters. The molecule has 1 aromatic heterocycles. The lowest BCUT2D eigenvalue weighted by Gasteiger charge is -2.21. The first-order chi connectivity index (χ1) is 12.1. The first kappa shape index (κ1) is 19.2. The van der Waals surface area contributed by atoms with Gasteiger partial charge in [0.25, 0.3) is 5.91 Å². The molecular formula is C20H26N2O2S. The van der Waals surface area contributed by atoms with Crippen molar-refractivity contribution in [1.82, 2.24) is 10.6 Å². The van der Waals surface area contributed by atoms with Crippen LogP contribution >= 0.6 is 11.3 Å². The second-order valence-electron chi connectivity index (χ2n) is 6.50. The average molecular weight is 359 g/mol. The molecule has 1 heterocycles. The number of rotatable bonds is 9. The van der Waals surface area contributed by atoms with Crippen LogP contribution in [0.4, 0.5) is 0 Å². The van der Waals surface area contributed by atoms with Gasteiger partial charge >= 0.3 is 0 Å². The molecule has 0 aliphatic rings. The van der Waals surface area contributed by atoms with Crippen LogP contribution in [0.3, 0.4) is 0 Å². The van der Waals surface area contributed by atoms with Gasteiger partial charge in [0.1, 0.15) is 0 Å². The highest BCUT2D eigenvalue weighted by Crippen LogP contribution is 2.21. The van der Waals surface area contributed by atoms with Gasteiger partial charge < -0.3 is 10.6 Å². The quantitative estimate of drug-likeness (QED) is 0.661. The summed E-state index contributed by atoms with van der Waals surface area (Å²) in [6.45, 7) is 4.81. The van der Waals surface area contributed by atoms with Crippen molar-refractivity contribution >= 4 is 23.2 Å². The molecule has 1 unspecified atom stereocenters. The van der Waals surface area contributed by atoms with Gasteiger partial charge in [0.15, 0.2) is 0 Å². The van der Waals surface area contributed by atoms with Crippen LogP contribution < -0.4 is 10.6 Å². The molecule has 0 saturated heterocycles. The third-order valence-corrected chi connectivity index (χ3v) is 4.72. The molecule has 0 saturated carbocycles. The number of carbonyl (C=O) groups is 2. The Hall–Kier alpha value is -2.14. The van der Waals surface area contributed by atoms with Crippen LogP contribution in [-0.4, -0.2) is 18.4 Å². The number of hydrogen-bond acceptors (Lipinski definition) is 3. The van der Waals surface area contributed by atoms with Crippen LogP contribution in [-0.2, 0) is 4.79 Å². The molecule has 0 aliphatic heterocycles. The summed E-state index contributed by atoms with van der Waals surface area (Å²) >= 11 is 1.42. The van der Waals surface area contributed by atoms with E-state index in [2.05, 4.69) is 36.6 Å². The van der Waals surface area contributed by atoms with Gasteiger partial charge in [0.05, 0.1) is 10.9 Å². The maximum atomic E-state index is 12.3. The SMILES string of the molecule is CC(C)CC(NC(=O)CCCNC(=O)c1cccs1)c1ccccc1. The van der Waals surface area contributed by atoms with Gasteiger partial charge in [0.2, 0.25) is 5.91 Å². The van der Waals surface area contributed by atoms with E-state index in [1.807, 2.05) is 29.6 Å². The predicted molar refractivity (Wildman–Crippen MR) is 103 cm³/mol. The topological polar surface area (TPSA) is 58.2 Å². The zero-order chi connectivity index (χ0) is 18.1. The van der Waals surface area contributed by atoms with Crippen molar-refractivity contribution in [3.05, 3.63) is 58.3 Å². The van der Waals surface area contributed by atoms with Crippen molar-refractivity contribution in [2.45, 2.75) is 39.2 Å². The van der Waals surface area contributed by atoms with Crippen LogP contribution in [0.15, 0.2) is 47.8 Å². The van der Waals surface area contributed by atoms with E-state index in [0.717, 1.165) is 12.0 Å². The Morgan fingerprint density at radius 3 is 2.48 bits per heavy atom. The second kappa shape index (κ2) is 9.99. The van der Waals surface area contributed by atoms with Crippen LogP contribution in [0, 0.1) is 5.92 Å². The molecule has 2 amide bonds. The molecule has 25 heavy (non-hydrogen) atoms. The van der Waals surface area contributed by atoms with Gasteiger partial charge in [-0.3, -0.25) is 9.59 Å². The average Bonchev–Trinajstić information content (AvgIpc) is 3.13. The predicted octanol–water partition coefficient (Wildman–Crippen LogP) is 4.16. The Kier molecular flexibility index (Phi) is 7.67. The molecule has 0 bridgehead atoms. The molecule has 134 valence electrons. The number of carbonyl (C=O) groups excluding carboxylic acids is 2. The molecule has 2 rings (SSSR count). The lowest BCUT2D eigenvalue weighted by atomic mass is 9.97. The first-order valence-electron chi connectivity index (χ1n) is 8.72. The molecule has 1 aromatic carbocycles. The fourth-order valence-electron chi connectivity index (χ4n) is 2.65. The highest BCUT2D eigenvalue weighted by Gasteiger charge is 2.16. The Labute approximate surface area is 153 Å². The highest BCUT2D eigenvalue weighted by molar-refractivity contribution is 7.12. The minimum atomic E-state index is -0.0719. The second-order valence-corrected chi connectivity index (χ2v) is 7.44. The molecule has 2 N–H and O–H groups in total. The lowest BCUT2D eigenvalue weighted by Crippen LogP contribution is -2.30. The molecule has 0 radical (unpaired) electrons. The van der Waals surface area contributed by atoms with E-state index in [-0.39, 0.29) is 17.9 Å². The van der Waals surface area contributed by atoms with Gasteiger partial charge in [-0.2, -0.15) is 0 Å². The Bertz CT molecular complexity index is 654. The smallest absolute Gasteiger partial charge is 0.261 e. The molecule has 0 fully saturated rings. The summed E-state index contributed by atoms with van der Waals surface area (Å²) in [7, 11) is 0. The summed E-state index contributed by atoms with van der Waals surface area (Å²) in [5.41, 5.74) is 1.13. The lowest BCUT2D eigenvalue weighted by molar-refractivity contribution is -0.122. The number of hydrogen-bond donors (Lipinski definition) is 2. The van der Waals surface area contributed by atoms with Crippen LogP contribution in [0.5, 0.6) is 0 Å². The van der Waals surface area contributed by atoms with E-state index in [4.69, 9.17) is 0 Å². The zero-order valence-electron chi connectivity index (χ0n) is 14.8. The molecule has 4 nitrogen and oxygen atoms in total. The first-order valence-corrected chi connectivity index (χ1v) is 9.60. The Morgan fingerprint density at radius 1 is 1.08 bits per heavy atom. The fraction of sp³-hybridized carbons (Fsp3) is 0.400. The van der Waals surface area contributed by atoms with E-state index >= 15 is 0 Å². The van der Waals surface area contributed by atoms with Crippen molar-refractivity contribution < 1.29 is 9.59 Å². The van der Waals surface area contributed by atoms with Crippen LogP contribution in [0.1, 0.15) is 54.4 Å². The third kappa shape index (κ3) is 6.70. The third-order valence-electron chi connectivity index (χ3n) is 3.86. The largest absolute Gasteiger partial charge is 0.351 e. The van der Waals surface area contributed by atoms with Gasteiger partial charge in [0, 0.05) is 13.0 Å². The fourth-order valence-corrected chi connectivity index (χ4v) is 3.29. The minimum absolute atomic E-state index is 0.0277. The summed E-state index contributed by atoms with van der Waals surface area (Å²) in [5.74, 6) is 0.452. The Morgan fingerprint density at radius 2 is 1.84 bits per heavy atom. The van der Waals surface area contributed by atoms with Crippen molar-refractivity contribution in [2.24, 2.45) is 5.92 Å². The maximum absolute atomic E-state index is 12.3. The van der Waals surface area contributed by atoms with Gasteiger partial charge in [-0.05, 0) is 35.8 Å².